The third-order valence-corrected chi connectivity index (χ3v) is 3.69. The number of carbonyl (C=O) groups excluding carboxylic acids is 1. The van der Waals surface area contributed by atoms with Crippen LogP contribution in [0.4, 0.5) is 5.69 Å². The number of nitrogens with one attached hydrogen (secondary N) is 1. The zero-order valence-electron chi connectivity index (χ0n) is 10.6. The van der Waals surface area contributed by atoms with E-state index in [2.05, 4.69) is 5.32 Å². The zero-order valence-corrected chi connectivity index (χ0v) is 12.1. The van der Waals surface area contributed by atoms with Gasteiger partial charge >= 0.3 is 0 Å². The number of amides is 1. The molecule has 0 heterocycles. The number of carbonyl (C=O) groups is 1. The number of anilines is 1. The predicted molar refractivity (Wildman–Crippen MR) is 80.3 cm³/mol. The van der Waals surface area contributed by atoms with Crippen molar-refractivity contribution >= 4 is 34.8 Å². The summed E-state index contributed by atoms with van der Waals surface area (Å²) in [5, 5.41) is 3.67. The molecule has 0 bridgehead atoms. The third kappa shape index (κ3) is 3.28. The number of halogens is 2. The normalized spacial score (nSPS) is 10.3. The molecule has 1 amide bonds. The van der Waals surface area contributed by atoms with Crippen LogP contribution in [0.1, 0.15) is 21.5 Å². The van der Waals surface area contributed by atoms with Crippen molar-refractivity contribution in [3.63, 3.8) is 0 Å². The maximum absolute atomic E-state index is 12.1. The lowest BCUT2D eigenvalue weighted by Crippen LogP contribution is -2.12. The topological polar surface area (TPSA) is 29.1 Å². The first kappa shape index (κ1) is 13.9. The van der Waals surface area contributed by atoms with Gasteiger partial charge in [-0.15, -0.1) is 0 Å². The second kappa shape index (κ2) is 5.64. The Morgan fingerprint density at radius 2 is 1.68 bits per heavy atom. The Balaban J connectivity index is 2.20. The lowest BCUT2D eigenvalue weighted by molar-refractivity contribution is 0.102. The molecule has 2 aromatic carbocycles. The van der Waals surface area contributed by atoms with Crippen molar-refractivity contribution in [2.75, 3.05) is 5.32 Å². The minimum atomic E-state index is -0.165. The number of benzene rings is 2. The molecule has 2 nitrogen and oxygen atoms in total. The molecule has 2 rings (SSSR count). The van der Waals surface area contributed by atoms with E-state index in [-0.39, 0.29) is 5.91 Å². The number of hydrogen-bond donors (Lipinski definition) is 1. The first-order valence-electron chi connectivity index (χ1n) is 5.81. The van der Waals surface area contributed by atoms with E-state index < -0.39 is 0 Å². The van der Waals surface area contributed by atoms with Gasteiger partial charge in [-0.05, 0) is 55.3 Å². The van der Waals surface area contributed by atoms with Gasteiger partial charge in [0.05, 0.1) is 10.0 Å². The summed E-state index contributed by atoms with van der Waals surface area (Å²) in [5.74, 6) is -0.165. The van der Waals surface area contributed by atoms with Crippen molar-refractivity contribution in [3.05, 3.63) is 63.1 Å². The van der Waals surface area contributed by atoms with Crippen LogP contribution in [-0.4, -0.2) is 5.91 Å². The van der Waals surface area contributed by atoms with Gasteiger partial charge < -0.3 is 5.32 Å². The van der Waals surface area contributed by atoms with E-state index in [4.69, 9.17) is 23.2 Å². The van der Waals surface area contributed by atoms with Crippen LogP contribution < -0.4 is 5.32 Å². The Morgan fingerprint density at radius 3 is 2.32 bits per heavy atom. The van der Waals surface area contributed by atoms with Crippen LogP contribution in [0.25, 0.3) is 0 Å². The smallest absolute Gasteiger partial charge is 0.255 e. The molecule has 0 aliphatic heterocycles. The van der Waals surface area contributed by atoms with E-state index in [1.807, 2.05) is 26.0 Å². The number of aryl methyl sites for hydroxylation is 2. The maximum atomic E-state index is 12.1. The molecule has 0 fully saturated rings. The molecule has 98 valence electrons. The second-order valence-corrected chi connectivity index (χ2v) is 5.20. The van der Waals surface area contributed by atoms with Crippen LogP contribution >= 0.6 is 23.2 Å². The molecule has 0 saturated heterocycles. The molecular weight excluding hydrogens is 281 g/mol. The molecule has 0 aromatic heterocycles. The minimum Gasteiger partial charge on any atom is -0.322 e. The van der Waals surface area contributed by atoms with Crippen molar-refractivity contribution in [2.24, 2.45) is 0 Å². The third-order valence-electron chi connectivity index (χ3n) is 2.95. The van der Waals surface area contributed by atoms with Crippen LogP contribution in [-0.2, 0) is 0 Å². The summed E-state index contributed by atoms with van der Waals surface area (Å²) in [7, 11) is 0. The SMILES string of the molecule is Cc1ccc(C(=O)Nc2ccc(Cl)c(Cl)c2)cc1C. The summed E-state index contributed by atoms with van der Waals surface area (Å²) in [6.45, 7) is 3.99. The lowest BCUT2D eigenvalue weighted by atomic mass is 10.1. The average molecular weight is 294 g/mol. The standard InChI is InChI=1S/C15H13Cl2NO/c1-9-3-4-11(7-10(9)2)15(19)18-12-5-6-13(16)14(17)8-12/h3-8H,1-2H3,(H,18,19). The molecule has 0 aliphatic rings. The van der Waals surface area contributed by atoms with Gasteiger partial charge in [0, 0.05) is 11.3 Å². The van der Waals surface area contributed by atoms with Gasteiger partial charge in [0.25, 0.3) is 5.91 Å². The first-order valence-corrected chi connectivity index (χ1v) is 6.56. The molecule has 19 heavy (non-hydrogen) atoms. The molecule has 0 atom stereocenters. The lowest BCUT2D eigenvalue weighted by Gasteiger charge is -2.08. The van der Waals surface area contributed by atoms with Crippen LogP contribution in [0.5, 0.6) is 0 Å². The Labute approximate surface area is 122 Å². The fourth-order valence-corrected chi connectivity index (χ4v) is 1.96. The number of hydrogen-bond acceptors (Lipinski definition) is 1. The summed E-state index contributed by atoms with van der Waals surface area (Å²) in [6, 6.07) is 10.6. The summed E-state index contributed by atoms with van der Waals surface area (Å²) < 4.78 is 0. The molecule has 0 spiro atoms. The summed E-state index contributed by atoms with van der Waals surface area (Å²) in [6.07, 6.45) is 0. The van der Waals surface area contributed by atoms with Crippen LogP contribution in [0, 0.1) is 13.8 Å². The van der Waals surface area contributed by atoms with E-state index in [9.17, 15) is 4.79 Å². The highest BCUT2D eigenvalue weighted by atomic mass is 35.5. The van der Waals surface area contributed by atoms with E-state index >= 15 is 0 Å². The maximum Gasteiger partial charge on any atom is 0.255 e. The van der Waals surface area contributed by atoms with E-state index in [0.717, 1.165) is 11.1 Å². The molecule has 4 heteroatoms. The monoisotopic (exact) mass is 293 g/mol. The highest BCUT2D eigenvalue weighted by molar-refractivity contribution is 6.42. The van der Waals surface area contributed by atoms with Crippen molar-refractivity contribution in [2.45, 2.75) is 13.8 Å². The van der Waals surface area contributed by atoms with Gasteiger partial charge in [-0.1, -0.05) is 29.3 Å². The quantitative estimate of drug-likeness (QED) is 0.841. The van der Waals surface area contributed by atoms with Crippen molar-refractivity contribution in [3.8, 4) is 0 Å². The Kier molecular flexibility index (Phi) is 4.13. The van der Waals surface area contributed by atoms with Crippen molar-refractivity contribution in [1.82, 2.24) is 0 Å². The summed E-state index contributed by atoms with van der Waals surface area (Å²) in [5.41, 5.74) is 3.49. The summed E-state index contributed by atoms with van der Waals surface area (Å²) >= 11 is 11.7. The average Bonchev–Trinajstić information content (AvgIpc) is 2.37. The molecule has 0 radical (unpaired) electrons. The van der Waals surface area contributed by atoms with Gasteiger partial charge in [-0.25, -0.2) is 0 Å². The molecular formula is C15H13Cl2NO. The largest absolute Gasteiger partial charge is 0.322 e. The van der Waals surface area contributed by atoms with Crippen molar-refractivity contribution in [1.29, 1.82) is 0 Å². The number of rotatable bonds is 2. The predicted octanol–water partition coefficient (Wildman–Crippen LogP) is 4.86. The van der Waals surface area contributed by atoms with Gasteiger partial charge in [-0.3, -0.25) is 4.79 Å². The van der Waals surface area contributed by atoms with Gasteiger partial charge in [0.15, 0.2) is 0 Å². The summed E-state index contributed by atoms with van der Waals surface area (Å²) in [4.78, 5) is 12.1. The molecule has 2 aromatic rings. The zero-order chi connectivity index (χ0) is 14.0. The first-order chi connectivity index (χ1) is 8.97. The Hall–Kier alpha value is -1.51. The van der Waals surface area contributed by atoms with E-state index in [1.165, 1.54) is 0 Å². The van der Waals surface area contributed by atoms with Crippen molar-refractivity contribution < 1.29 is 4.79 Å². The fourth-order valence-electron chi connectivity index (χ4n) is 1.66. The molecule has 0 saturated carbocycles. The molecule has 0 aliphatic carbocycles. The highest BCUT2D eigenvalue weighted by Crippen LogP contribution is 2.25. The van der Waals surface area contributed by atoms with E-state index in [0.29, 0.717) is 21.3 Å². The fraction of sp³-hybridized carbons (Fsp3) is 0.133. The Bertz CT molecular complexity index is 638. The highest BCUT2D eigenvalue weighted by Gasteiger charge is 2.08. The second-order valence-electron chi connectivity index (χ2n) is 4.38. The van der Waals surface area contributed by atoms with E-state index in [1.54, 1.807) is 24.3 Å². The van der Waals surface area contributed by atoms with Gasteiger partial charge in [0.1, 0.15) is 0 Å². The van der Waals surface area contributed by atoms with Crippen LogP contribution in [0.15, 0.2) is 36.4 Å². The Morgan fingerprint density at radius 1 is 0.947 bits per heavy atom. The minimum absolute atomic E-state index is 0.165. The molecule has 0 unspecified atom stereocenters. The van der Waals surface area contributed by atoms with Gasteiger partial charge in [0.2, 0.25) is 0 Å². The molecule has 1 N–H and O–H groups in total. The van der Waals surface area contributed by atoms with Crippen LogP contribution in [0.3, 0.4) is 0 Å². The van der Waals surface area contributed by atoms with Crippen LogP contribution in [0.2, 0.25) is 10.0 Å². The van der Waals surface area contributed by atoms with Gasteiger partial charge in [-0.2, -0.15) is 0 Å².